The molecule has 0 atom stereocenters. The van der Waals surface area contributed by atoms with Crippen LogP contribution < -0.4 is 0 Å². The Bertz CT molecular complexity index is 130. The van der Waals surface area contributed by atoms with E-state index >= 15 is 0 Å². The van der Waals surface area contributed by atoms with E-state index in [1.807, 2.05) is 0 Å². The summed E-state index contributed by atoms with van der Waals surface area (Å²) in [7, 11) is 0. The maximum Gasteiger partial charge on any atom is 0.0573 e. The summed E-state index contributed by atoms with van der Waals surface area (Å²) >= 11 is 0. The maximum atomic E-state index is 6.85. The zero-order chi connectivity index (χ0) is 7.49. The lowest BCUT2D eigenvalue weighted by atomic mass is 10.5. The van der Waals surface area contributed by atoms with Gasteiger partial charge in [-0.05, 0) is 6.85 Å². The summed E-state index contributed by atoms with van der Waals surface area (Å²) in [5.74, 6) is 0. The fourth-order valence-corrected chi connectivity index (χ4v) is 0.0589. The van der Waals surface area contributed by atoms with Gasteiger partial charge in [-0.2, -0.15) is 0 Å². The van der Waals surface area contributed by atoms with Crippen molar-refractivity contribution in [1.82, 2.24) is 0 Å². The predicted molar refractivity (Wildman–Crippen MR) is 25.0 cm³/mol. The molecule has 0 fully saturated rings. The molecule has 0 aromatic carbocycles. The van der Waals surface area contributed by atoms with Gasteiger partial charge in [-0.3, -0.25) is 0 Å². The minimum Gasteiger partial charge on any atom is -0.0991 e. The molecule has 0 aromatic heterocycles. The Kier molecular flexibility index (Phi) is 0.675. The van der Waals surface area contributed by atoms with E-state index in [4.69, 9.17) is 5.48 Å². The molecule has 0 unspecified atom stereocenters. The van der Waals surface area contributed by atoms with Crippen LogP contribution >= 0.6 is 0 Å². The maximum absolute atomic E-state index is 6.85. The average Bonchev–Trinajstić information content (AvgIpc) is 1.64. The van der Waals surface area contributed by atoms with E-state index in [2.05, 4.69) is 6.58 Å². The van der Waals surface area contributed by atoms with Gasteiger partial charge < -0.3 is 0 Å². The summed E-state index contributed by atoms with van der Waals surface area (Å²) < 4.78 is 26.9. The topological polar surface area (TPSA) is 0 Å². The summed E-state index contributed by atoms with van der Waals surface area (Å²) in [5.41, 5.74) is 0. The van der Waals surface area contributed by atoms with Crippen LogP contribution in [0, 0.1) is 0 Å². The highest BCUT2D eigenvalue weighted by Gasteiger charge is 1.42. The minimum atomic E-state index is -2.28. The molecule has 0 nitrogen and oxygen atoms in total. The minimum absolute atomic E-state index is 0.377. The molecule has 0 bridgehead atoms. The zero-order valence-electron chi connectivity index (χ0n) is 6.86. The molecule has 0 N–H and O–H groups in total. The van der Waals surface area contributed by atoms with Gasteiger partial charge in [-0.15, -0.1) is 0 Å². The zero-order valence-corrected chi connectivity index (χ0v) is 2.86. The normalized spacial score (nSPS) is 25.2. The molecule has 0 aromatic rings. The van der Waals surface area contributed by atoms with Crippen molar-refractivity contribution >= 4 is 0 Å². The molecule has 0 rings (SSSR count). The van der Waals surface area contributed by atoms with Crippen LogP contribution in [0.2, 0.25) is 0 Å². The summed E-state index contributed by atoms with van der Waals surface area (Å²) in [6.07, 6.45) is 2.45. The molecule has 0 spiro atoms. The van der Waals surface area contributed by atoms with Crippen molar-refractivity contribution in [2.75, 3.05) is 0 Å². The number of hydrogen-bond donors (Lipinski definition) is 0. The van der Waals surface area contributed by atoms with E-state index in [0.717, 1.165) is 6.08 Å². The third kappa shape index (κ3) is 3.48. The molecule has 0 aliphatic heterocycles. The van der Waals surface area contributed by atoms with Crippen LogP contribution in [-0.4, -0.2) is 0 Å². The van der Waals surface area contributed by atoms with Crippen molar-refractivity contribution < 1.29 is 5.48 Å². The molecule has 0 heterocycles. The summed E-state index contributed by atoms with van der Waals surface area (Å²) in [5, 5.41) is 0. The lowest BCUT2D eigenvalue weighted by Gasteiger charge is -1.56. The van der Waals surface area contributed by atoms with Gasteiger partial charge in [-0.1, -0.05) is 24.8 Å². The number of rotatable bonds is 1. The first kappa shape index (κ1) is 0.970. The van der Waals surface area contributed by atoms with Crippen molar-refractivity contribution in [2.24, 2.45) is 0 Å². The highest BCUT2D eigenvalue weighted by Crippen LogP contribution is 1.64. The first-order valence-electron chi connectivity index (χ1n) is 3.28. The Morgan fingerprint density at radius 3 is 3.20 bits per heavy atom. The third-order valence-corrected chi connectivity index (χ3v) is 0.201. The molecule has 0 aliphatic carbocycles. The first-order chi connectivity index (χ1) is 3.98. The van der Waals surface area contributed by atoms with Gasteiger partial charge in [0.15, 0.2) is 0 Å². The van der Waals surface area contributed by atoms with Gasteiger partial charge in [0, 0.05) is 4.11 Å². The summed E-state index contributed by atoms with van der Waals surface area (Å²) in [4.78, 5) is 0. The number of hydrogen-bond acceptors (Lipinski definition) is 0. The Labute approximate surface area is 38.4 Å². The lowest BCUT2D eigenvalue weighted by Crippen LogP contribution is -1.33. The monoisotopic (exact) mass is 72.1 g/mol. The Hall–Kier alpha value is -0.520. The van der Waals surface area contributed by atoms with Gasteiger partial charge in [-0.25, -0.2) is 0 Å². The van der Waals surface area contributed by atoms with Crippen molar-refractivity contribution in [2.45, 2.75) is 6.85 Å². The van der Waals surface area contributed by atoms with Crippen LogP contribution in [0.15, 0.2) is 24.8 Å². The highest BCUT2D eigenvalue weighted by molar-refractivity contribution is 4.94. The van der Waals surface area contributed by atoms with Gasteiger partial charge in [0.1, 0.15) is 0 Å². The number of allylic oxidation sites excluding steroid dienone is 3. The van der Waals surface area contributed by atoms with Gasteiger partial charge >= 0.3 is 0 Å². The Balaban J connectivity index is 4.19. The van der Waals surface area contributed by atoms with Gasteiger partial charge in [0.05, 0.1) is 1.37 Å². The van der Waals surface area contributed by atoms with E-state index in [9.17, 15) is 0 Å². The molecule has 0 heteroatoms. The SMILES string of the molecule is [2H]/C(=C/C=C)C([2H])([2H])[2H]. The van der Waals surface area contributed by atoms with Crippen molar-refractivity contribution in [3.63, 3.8) is 0 Å². The third-order valence-electron chi connectivity index (χ3n) is 0.201. The fourth-order valence-electron chi connectivity index (χ4n) is 0.0589. The predicted octanol–water partition coefficient (Wildman–Crippen LogP) is 1.75. The second-order valence-electron chi connectivity index (χ2n) is 0.547. The lowest BCUT2D eigenvalue weighted by molar-refractivity contribution is 1.74. The fraction of sp³-hybridized carbons (Fsp3) is 0.200. The van der Waals surface area contributed by atoms with Crippen molar-refractivity contribution in [3.05, 3.63) is 24.8 Å². The molecule has 0 radical (unpaired) electrons. The van der Waals surface area contributed by atoms with E-state index < -0.39 is 6.85 Å². The van der Waals surface area contributed by atoms with Crippen LogP contribution in [0.5, 0.6) is 0 Å². The molecular formula is C5H8. The van der Waals surface area contributed by atoms with Crippen LogP contribution in [0.1, 0.15) is 12.3 Å². The second-order valence-corrected chi connectivity index (χ2v) is 0.547. The standard InChI is InChI=1S/C5H8/c1-3-5-4-2/h3-5H,1H2,2H3/b5-4-/i2D3,4D. The van der Waals surface area contributed by atoms with Crippen molar-refractivity contribution in [3.8, 4) is 0 Å². The highest BCUT2D eigenvalue weighted by atomic mass is 13.5. The molecule has 5 heavy (non-hydrogen) atoms. The molecule has 0 aliphatic rings. The molecule has 0 saturated carbocycles. The molecule has 0 saturated heterocycles. The summed E-state index contributed by atoms with van der Waals surface area (Å²) in [6, 6.07) is -0.377. The second kappa shape index (κ2) is 3.48. The summed E-state index contributed by atoms with van der Waals surface area (Å²) in [6.45, 7) is 0.984. The largest absolute Gasteiger partial charge is 0.0991 e. The molecule has 28 valence electrons. The van der Waals surface area contributed by atoms with Crippen molar-refractivity contribution in [1.29, 1.82) is 0 Å². The van der Waals surface area contributed by atoms with Crippen LogP contribution in [0.3, 0.4) is 0 Å². The van der Waals surface area contributed by atoms with E-state index in [1.54, 1.807) is 0 Å². The van der Waals surface area contributed by atoms with Gasteiger partial charge in [0.2, 0.25) is 0 Å². The quantitative estimate of drug-likeness (QED) is 0.414. The van der Waals surface area contributed by atoms with E-state index in [1.165, 1.54) is 6.08 Å². The van der Waals surface area contributed by atoms with Gasteiger partial charge in [0.25, 0.3) is 0 Å². The Morgan fingerprint density at radius 2 is 3.00 bits per heavy atom. The molecule has 0 amide bonds. The van der Waals surface area contributed by atoms with E-state index in [-0.39, 0.29) is 6.05 Å². The smallest absolute Gasteiger partial charge is 0.0573 e. The molecular weight excluding hydrogens is 60.1 g/mol. The Morgan fingerprint density at radius 1 is 2.20 bits per heavy atom. The van der Waals surface area contributed by atoms with Crippen LogP contribution in [0.4, 0.5) is 0 Å². The first-order valence-corrected chi connectivity index (χ1v) is 1.28. The average molecular weight is 72.1 g/mol. The van der Waals surface area contributed by atoms with Crippen LogP contribution in [-0.2, 0) is 0 Å². The van der Waals surface area contributed by atoms with Crippen LogP contribution in [0.25, 0.3) is 0 Å². The van der Waals surface area contributed by atoms with E-state index in [0.29, 0.717) is 0 Å².